The number of piperazine rings is 1. The second-order valence-corrected chi connectivity index (χ2v) is 5.17. The molecule has 1 fully saturated rings. The first-order valence-electron chi connectivity index (χ1n) is 6.38. The second-order valence-electron chi connectivity index (χ2n) is 4.42. The number of nitrogens with zero attached hydrogens (tertiary/aromatic N) is 3. The molecule has 0 bridgehead atoms. The van der Waals surface area contributed by atoms with E-state index in [-0.39, 0.29) is 5.91 Å². The molecular weight excluding hydrogens is 310 g/mol. The molecule has 1 aliphatic heterocycles. The number of aromatic nitrogens is 1. The van der Waals surface area contributed by atoms with E-state index >= 15 is 0 Å². The van der Waals surface area contributed by atoms with Crippen LogP contribution in [-0.4, -0.2) is 60.5 Å². The lowest BCUT2D eigenvalue weighted by Gasteiger charge is -2.33. The predicted octanol–water partition coefficient (Wildman–Crippen LogP) is 1.63. The Hall–Kier alpha value is -1.14. The Morgan fingerprint density at radius 3 is 2.58 bits per heavy atom. The summed E-state index contributed by atoms with van der Waals surface area (Å²) in [6.45, 7) is 6.56. The Morgan fingerprint density at radius 2 is 2.05 bits per heavy atom. The standard InChI is InChI=1S/C13H18BrN3O2/c1-3-16-6-8-17(9-7-16)13(18)10-4-5-11(19-2)12(14)15-10/h4-5H,3,6-9H2,1-2H3. The molecule has 0 saturated carbocycles. The molecule has 0 N–H and O–H groups in total. The zero-order valence-electron chi connectivity index (χ0n) is 11.2. The van der Waals surface area contributed by atoms with Crippen LogP contribution < -0.4 is 4.74 Å². The van der Waals surface area contributed by atoms with Crippen LogP contribution in [0.1, 0.15) is 17.4 Å². The van der Waals surface area contributed by atoms with Crippen LogP contribution in [0.5, 0.6) is 5.75 Å². The van der Waals surface area contributed by atoms with E-state index in [1.54, 1.807) is 19.2 Å². The monoisotopic (exact) mass is 327 g/mol. The van der Waals surface area contributed by atoms with Crippen molar-refractivity contribution in [3.63, 3.8) is 0 Å². The normalized spacial score (nSPS) is 16.5. The van der Waals surface area contributed by atoms with Crippen molar-refractivity contribution >= 4 is 21.8 Å². The van der Waals surface area contributed by atoms with Gasteiger partial charge in [-0.1, -0.05) is 6.92 Å². The minimum absolute atomic E-state index is 0.0147. The van der Waals surface area contributed by atoms with Crippen molar-refractivity contribution in [2.45, 2.75) is 6.92 Å². The molecule has 1 amide bonds. The fourth-order valence-corrected chi connectivity index (χ4v) is 2.61. The Kier molecular flexibility index (Phi) is 4.76. The van der Waals surface area contributed by atoms with Crippen LogP contribution in [0, 0.1) is 0 Å². The lowest BCUT2D eigenvalue weighted by atomic mass is 10.2. The molecule has 0 aromatic carbocycles. The zero-order valence-corrected chi connectivity index (χ0v) is 12.8. The van der Waals surface area contributed by atoms with Crippen molar-refractivity contribution in [1.82, 2.24) is 14.8 Å². The summed E-state index contributed by atoms with van der Waals surface area (Å²) in [5.74, 6) is 0.617. The van der Waals surface area contributed by atoms with Crippen LogP contribution in [0.25, 0.3) is 0 Å². The molecule has 1 saturated heterocycles. The summed E-state index contributed by atoms with van der Waals surface area (Å²) in [6, 6.07) is 3.46. The molecule has 1 aromatic rings. The van der Waals surface area contributed by atoms with Crippen molar-refractivity contribution in [2.75, 3.05) is 39.8 Å². The van der Waals surface area contributed by atoms with Crippen molar-refractivity contribution in [3.8, 4) is 5.75 Å². The maximum atomic E-state index is 12.3. The van der Waals surface area contributed by atoms with Crippen LogP contribution in [0.4, 0.5) is 0 Å². The average Bonchev–Trinajstić information content (AvgIpc) is 2.46. The van der Waals surface area contributed by atoms with Gasteiger partial charge in [0.1, 0.15) is 10.3 Å². The van der Waals surface area contributed by atoms with E-state index in [2.05, 4.69) is 32.7 Å². The largest absolute Gasteiger partial charge is 0.494 e. The molecule has 19 heavy (non-hydrogen) atoms. The third kappa shape index (κ3) is 3.25. The smallest absolute Gasteiger partial charge is 0.272 e. The fraction of sp³-hybridized carbons (Fsp3) is 0.538. The summed E-state index contributed by atoms with van der Waals surface area (Å²) in [4.78, 5) is 20.8. The van der Waals surface area contributed by atoms with Gasteiger partial charge in [-0.15, -0.1) is 0 Å². The predicted molar refractivity (Wildman–Crippen MR) is 76.5 cm³/mol. The average molecular weight is 328 g/mol. The van der Waals surface area contributed by atoms with Crippen LogP contribution in [0.3, 0.4) is 0 Å². The van der Waals surface area contributed by atoms with Crippen LogP contribution in [0.15, 0.2) is 16.7 Å². The fourth-order valence-electron chi connectivity index (χ4n) is 2.12. The topological polar surface area (TPSA) is 45.7 Å². The van der Waals surface area contributed by atoms with E-state index in [9.17, 15) is 4.79 Å². The lowest BCUT2D eigenvalue weighted by Crippen LogP contribution is -2.48. The highest BCUT2D eigenvalue weighted by Gasteiger charge is 2.22. The maximum absolute atomic E-state index is 12.3. The van der Waals surface area contributed by atoms with Crippen LogP contribution in [0.2, 0.25) is 0 Å². The highest BCUT2D eigenvalue weighted by Crippen LogP contribution is 2.22. The minimum Gasteiger partial charge on any atom is -0.494 e. The first-order chi connectivity index (χ1) is 9.15. The third-order valence-corrected chi connectivity index (χ3v) is 3.93. The molecule has 1 aliphatic rings. The summed E-state index contributed by atoms with van der Waals surface area (Å²) < 4.78 is 5.68. The number of halogens is 1. The van der Waals surface area contributed by atoms with E-state index in [4.69, 9.17) is 4.74 Å². The second kappa shape index (κ2) is 6.34. The number of methoxy groups -OCH3 is 1. The molecular formula is C13H18BrN3O2. The summed E-state index contributed by atoms with van der Waals surface area (Å²) in [6.07, 6.45) is 0. The van der Waals surface area contributed by atoms with Gasteiger partial charge in [0.25, 0.3) is 5.91 Å². The van der Waals surface area contributed by atoms with Gasteiger partial charge in [0.15, 0.2) is 5.75 Å². The van der Waals surface area contributed by atoms with Gasteiger partial charge >= 0.3 is 0 Å². The van der Waals surface area contributed by atoms with Gasteiger partial charge in [0.05, 0.1) is 7.11 Å². The summed E-state index contributed by atoms with van der Waals surface area (Å²) in [5.41, 5.74) is 0.456. The Bertz CT molecular complexity index is 459. The van der Waals surface area contributed by atoms with Crippen molar-refractivity contribution in [1.29, 1.82) is 0 Å². The van der Waals surface area contributed by atoms with Gasteiger partial charge in [-0.05, 0) is 34.6 Å². The van der Waals surface area contributed by atoms with E-state index in [1.807, 2.05) is 4.90 Å². The molecule has 0 spiro atoms. The SMILES string of the molecule is CCN1CCN(C(=O)c2ccc(OC)c(Br)n2)CC1. The lowest BCUT2D eigenvalue weighted by molar-refractivity contribution is 0.0637. The van der Waals surface area contributed by atoms with Crippen LogP contribution >= 0.6 is 15.9 Å². The molecule has 1 aromatic heterocycles. The third-order valence-electron chi connectivity index (χ3n) is 3.36. The number of hydrogen-bond donors (Lipinski definition) is 0. The van der Waals surface area contributed by atoms with Crippen molar-refractivity contribution in [3.05, 3.63) is 22.4 Å². The zero-order chi connectivity index (χ0) is 13.8. The molecule has 2 heterocycles. The molecule has 6 heteroatoms. The first-order valence-corrected chi connectivity index (χ1v) is 7.17. The molecule has 0 aliphatic carbocycles. The summed E-state index contributed by atoms with van der Waals surface area (Å²) >= 11 is 3.31. The molecule has 5 nitrogen and oxygen atoms in total. The Morgan fingerprint density at radius 1 is 1.37 bits per heavy atom. The minimum atomic E-state index is -0.0147. The Labute approximate surface area is 121 Å². The van der Waals surface area contributed by atoms with E-state index in [0.717, 1.165) is 32.7 Å². The Balaban J connectivity index is 2.06. The molecule has 0 atom stereocenters. The number of hydrogen-bond acceptors (Lipinski definition) is 4. The van der Waals surface area contributed by atoms with E-state index < -0.39 is 0 Å². The number of rotatable bonds is 3. The highest BCUT2D eigenvalue weighted by molar-refractivity contribution is 9.10. The van der Waals surface area contributed by atoms with Gasteiger partial charge in [-0.3, -0.25) is 4.79 Å². The van der Waals surface area contributed by atoms with Gasteiger partial charge in [0.2, 0.25) is 0 Å². The van der Waals surface area contributed by atoms with Gasteiger partial charge in [-0.2, -0.15) is 0 Å². The molecule has 104 valence electrons. The number of ether oxygens (including phenoxy) is 1. The maximum Gasteiger partial charge on any atom is 0.272 e. The number of carbonyl (C=O) groups excluding carboxylic acids is 1. The molecule has 2 rings (SSSR count). The van der Waals surface area contributed by atoms with E-state index in [1.165, 1.54) is 0 Å². The molecule has 0 radical (unpaired) electrons. The van der Waals surface area contributed by atoms with Gasteiger partial charge < -0.3 is 14.5 Å². The van der Waals surface area contributed by atoms with Gasteiger partial charge in [-0.25, -0.2) is 4.98 Å². The first kappa shape index (κ1) is 14.3. The van der Waals surface area contributed by atoms with Crippen LogP contribution in [-0.2, 0) is 0 Å². The van der Waals surface area contributed by atoms with E-state index in [0.29, 0.717) is 16.0 Å². The molecule has 0 unspecified atom stereocenters. The number of pyridine rings is 1. The summed E-state index contributed by atoms with van der Waals surface area (Å²) in [5, 5.41) is 0. The number of carbonyl (C=O) groups is 1. The number of amides is 1. The number of likely N-dealkylation sites (N-methyl/N-ethyl adjacent to an activating group) is 1. The van der Waals surface area contributed by atoms with Crippen molar-refractivity contribution < 1.29 is 9.53 Å². The highest BCUT2D eigenvalue weighted by atomic mass is 79.9. The quantitative estimate of drug-likeness (QED) is 0.791. The van der Waals surface area contributed by atoms with Crippen molar-refractivity contribution in [2.24, 2.45) is 0 Å². The van der Waals surface area contributed by atoms with Gasteiger partial charge in [0, 0.05) is 26.2 Å². The summed E-state index contributed by atoms with van der Waals surface area (Å²) in [7, 11) is 1.58.